The molecule has 5 rings (SSSR count). The van der Waals surface area contributed by atoms with E-state index < -0.39 is 0 Å². The van der Waals surface area contributed by atoms with Gasteiger partial charge in [0, 0.05) is 28.4 Å². The Morgan fingerprint density at radius 2 is 2.00 bits per heavy atom. The van der Waals surface area contributed by atoms with Crippen LogP contribution in [0.4, 0.5) is 5.13 Å². The third-order valence-electron chi connectivity index (χ3n) is 5.11. The lowest BCUT2D eigenvalue weighted by Gasteiger charge is -2.09. The number of benzene rings is 2. The number of phenolic OH excluding ortho intramolecular Hbond substituents is 1. The molecule has 3 heterocycles. The number of carbonyl (C=O) groups excluding carboxylic acids is 1. The fraction of sp³-hybridized carbons (Fsp3) is 0.0833. The Balaban J connectivity index is 1.49. The molecule has 0 aliphatic rings. The first kappa shape index (κ1) is 20.7. The number of ether oxygens (including phenoxy) is 1. The van der Waals surface area contributed by atoms with Crippen LogP contribution < -0.4 is 10.1 Å². The Morgan fingerprint density at radius 3 is 2.79 bits per heavy atom. The van der Waals surface area contributed by atoms with E-state index in [1.807, 2.05) is 25.1 Å². The number of aromatic nitrogens is 4. The van der Waals surface area contributed by atoms with Gasteiger partial charge in [-0.2, -0.15) is 0 Å². The van der Waals surface area contributed by atoms with E-state index in [-0.39, 0.29) is 11.7 Å². The van der Waals surface area contributed by atoms with Crippen molar-refractivity contribution in [1.29, 1.82) is 0 Å². The molecule has 0 spiro atoms. The number of carbonyl (C=O) groups is 1. The average molecular weight is 458 g/mol. The number of H-pyrrole nitrogens is 1. The summed E-state index contributed by atoms with van der Waals surface area (Å²) in [6, 6.07) is 14.2. The summed E-state index contributed by atoms with van der Waals surface area (Å²) >= 11 is 1.42. The summed E-state index contributed by atoms with van der Waals surface area (Å²) < 4.78 is 5.36. The second-order valence-corrected chi connectivity index (χ2v) is 8.57. The Labute approximate surface area is 193 Å². The number of thiazole rings is 1. The largest absolute Gasteiger partial charge is 0.507 e. The molecule has 8 nitrogen and oxygen atoms in total. The van der Waals surface area contributed by atoms with Crippen LogP contribution in [0.5, 0.6) is 11.6 Å². The van der Waals surface area contributed by atoms with E-state index in [2.05, 4.69) is 25.3 Å². The van der Waals surface area contributed by atoms with Crippen LogP contribution in [0, 0.1) is 6.92 Å². The van der Waals surface area contributed by atoms with Crippen LogP contribution in [-0.2, 0) is 0 Å². The van der Waals surface area contributed by atoms with E-state index in [0.29, 0.717) is 39.0 Å². The van der Waals surface area contributed by atoms with Crippen molar-refractivity contribution < 1.29 is 14.6 Å². The van der Waals surface area contributed by atoms with Crippen molar-refractivity contribution in [2.24, 2.45) is 0 Å². The molecular formula is C24H19N5O3S. The van der Waals surface area contributed by atoms with Gasteiger partial charge in [-0.05, 0) is 55.0 Å². The molecule has 0 saturated carbocycles. The number of aryl methyl sites for hydroxylation is 1. The molecule has 1 amide bonds. The number of amides is 1. The first-order chi connectivity index (χ1) is 16.0. The molecule has 0 aliphatic carbocycles. The molecule has 0 aliphatic heterocycles. The van der Waals surface area contributed by atoms with Gasteiger partial charge in [0.05, 0.1) is 23.7 Å². The van der Waals surface area contributed by atoms with Gasteiger partial charge in [-0.3, -0.25) is 10.1 Å². The second kappa shape index (κ2) is 8.36. The van der Waals surface area contributed by atoms with E-state index >= 15 is 0 Å². The highest BCUT2D eigenvalue weighted by Gasteiger charge is 2.15. The van der Waals surface area contributed by atoms with Gasteiger partial charge in [-0.15, -0.1) is 11.3 Å². The third-order valence-corrected chi connectivity index (χ3v) is 5.94. The molecule has 0 radical (unpaired) electrons. The van der Waals surface area contributed by atoms with E-state index in [1.165, 1.54) is 11.3 Å². The normalized spacial score (nSPS) is 11.0. The van der Waals surface area contributed by atoms with Crippen molar-refractivity contribution in [2.75, 3.05) is 12.4 Å². The van der Waals surface area contributed by atoms with E-state index in [0.717, 1.165) is 16.0 Å². The maximum atomic E-state index is 12.6. The quantitative estimate of drug-likeness (QED) is 0.341. The molecule has 164 valence electrons. The molecule has 0 bridgehead atoms. The minimum absolute atomic E-state index is 0.0813. The minimum atomic E-state index is -0.254. The number of nitrogens with zero attached hydrogens (tertiary/aromatic N) is 3. The SMILES string of the molecule is COc1ncccc1-c1ccc(O)c(-c2nc3ccc(C(=O)Nc4ncc(C)s4)cc3[nH]2)c1. The van der Waals surface area contributed by atoms with E-state index in [9.17, 15) is 9.90 Å². The standard InChI is InChI=1S/C24H19N5O3S/c1-13-12-26-24(33-13)29-22(31)15-5-7-18-19(11-15)28-21(27-18)17-10-14(6-8-20(17)30)16-4-3-9-25-23(16)32-2/h3-12,30H,1-2H3,(H,27,28)(H,26,29,31). The van der Waals surface area contributed by atoms with Crippen LogP contribution in [-0.4, -0.2) is 38.1 Å². The number of nitrogens with one attached hydrogen (secondary N) is 2. The lowest BCUT2D eigenvalue weighted by molar-refractivity contribution is 0.102. The summed E-state index contributed by atoms with van der Waals surface area (Å²) in [6.07, 6.45) is 3.37. The summed E-state index contributed by atoms with van der Waals surface area (Å²) in [7, 11) is 1.57. The highest BCUT2D eigenvalue weighted by atomic mass is 32.1. The van der Waals surface area contributed by atoms with Gasteiger partial charge >= 0.3 is 0 Å². The van der Waals surface area contributed by atoms with Gasteiger partial charge in [0.2, 0.25) is 5.88 Å². The molecule has 3 aromatic heterocycles. The number of fused-ring (bicyclic) bond motifs is 1. The second-order valence-electron chi connectivity index (χ2n) is 7.34. The third kappa shape index (κ3) is 4.01. The smallest absolute Gasteiger partial charge is 0.257 e. The molecule has 9 heteroatoms. The first-order valence-electron chi connectivity index (χ1n) is 10.1. The van der Waals surface area contributed by atoms with Crippen LogP contribution in [0.3, 0.4) is 0 Å². The fourth-order valence-electron chi connectivity index (χ4n) is 3.53. The molecule has 2 aromatic carbocycles. The number of anilines is 1. The molecule has 0 saturated heterocycles. The lowest BCUT2D eigenvalue weighted by atomic mass is 10.0. The van der Waals surface area contributed by atoms with Crippen molar-refractivity contribution in [3.63, 3.8) is 0 Å². The predicted octanol–water partition coefficient (Wildman–Crippen LogP) is 5.02. The monoisotopic (exact) mass is 457 g/mol. The number of pyridine rings is 1. The van der Waals surface area contributed by atoms with Crippen LogP contribution in [0.15, 0.2) is 60.9 Å². The fourth-order valence-corrected chi connectivity index (χ4v) is 4.19. The van der Waals surface area contributed by atoms with Crippen LogP contribution >= 0.6 is 11.3 Å². The number of rotatable bonds is 5. The van der Waals surface area contributed by atoms with Gasteiger partial charge in [0.25, 0.3) is 5.91 Å². The zero-order valence-electron chi connectivity index (χ0n) is 17.8. The molecule has 0 unspecified atom stereocenters. The zero-order valence-corrected chi connectivity index (χ0v) is 18.6. The van der Waals surface area contributed by atoms with E-state index in [4.69, 9.17) is 4.74 Å². The Morgan fingerprint density at radius 1 is 1.12 bits per heavy atom. The molecular weight excluding hydrogens is 438 g/mol. The van der Waals surface area contributed by atoms with Crippen molar-refractivity contribution in [3.8, 4) is 34.1 Å². The predicted molar refractivity (Wildman–Crippen MR) is 128 cm³/mol. The van der Waals surface area contributed by atoms with Crippen LogP contribution in [0.2, 0.25) is 0 Å². The highest BCUT2D eigenvalue weighted by molar-refractivity contribution is 7.15. The van der Waals surface area contributed by atoms with Crippen molar-refractivity contribution >= 4 is 33.4 Å². The summed E-state index contributed by atoms with van der Waals surface area (Å²) in [6.45, 7) is 1.93. The zero-order chi connectivity index (χ0) is 22.9. The maximum absolute atomic E-state index is 12.6. The Kier molecular flexibility index (Phi) is 5.23. The van der Waals surface area contributed by atoms with Gasteiger partial charge in [-0.25, -0.2) is 15.0 Å². The van der Waals surface area contributed by atoms with E-state index in [1.54, 1.807) is 49.8 Å². The first-order valence-corrected chi connectivity index (χ1v) is 10.9. The summed E-state index contributed by atoms with van der Waals surface area (Å²) in [5.41, 5.74) is 3.98. The number of phenols is 1. The summed E-state index contributed by atoms with van der Waals surface area (Å²) in [5, 5.41) is 13.9. The van der Waals surface area contributed by atoms with Gasteiger partial charge in [-0.1, -0.05) is 6.07 Å². The maximum Gasteiger partial charge on any atom is 0.257 e. The highest BCUT2D eigenvalue weighted by Crippen LogP contribution is 2.35. The van der Waals surface area contributed by atoms with Crippen LogP contribution in [0.1, 0.15) is 15.2 Å². The number of imidazole rings is 1. The molecule has 0 atom stereocenters. The number of methoxy groups -OCH3 is 1. The number of hydrogen-bond acceptors (Lipinski definition) is 7. The minimum Gasteiger partial charge on any atom is -0.507 e. The Bertz CT molecular complexity index is 1490. The van der Waals surface area contributed by atoms with Gasteiger partial charge < -0.3 is 14.8 Å². The van der Waals surface area contributed by atoms with Crippen molar-refractivity contribution in [3.05, 3.63) is 71.4 Å². The lowest BCUT2D eigenvalue weighted by Crippen LogP contribution is -2.11. The van der Waals surface area contributed by atoms with Crippen molar-refractivity contribution in [1.82, 2.24) is 19.9 Å². The number of aromatic hydroxyl groups is 1. The molecule has 33 heavy (non-hydrogen) atoms. The van der Waals surface area contributed by atoms with Gasteiger partial charge in [0.15, 0.2) is 5.13 Å². The Hall–Kier alpha value is -4.24. The summed E-state index contributed by atoms with van der Waals surface area (Å²) in [5.74, 6) is 0.804. The molecule has 5 aromatic rings. The summed E-state index contributed by atoms with van der Waals surface area (Å²) in [4.78, 5) is 29.9. The molecule has 3 N–H and O–H groups in total. The molecule has 0 fully saturated rings. The van der Waals surface area contributed by atoms with Crippen molar-refractivity contribution in [2.45, 2.75) is 6.92 Å². The average Bonchev–Trinajstić information content (AvgIpc) is 3.44. The number of aromatic amines is 1. The van der Waals surface area contributed by atoms with Crippen LogP contribution in [0.25, 0.3) is 33.5 Å². The number of hydrogen-bond donors (Lipinski definition) is 3. The van der Waals surface area contributed by atoms with Gasteiger partial charge in [0.1, 0.15) is 11.6 Å². The topological polar surface area (TPSA) is 113 Å².